The van der Waals surface area contributed by atoms with Gasteiger partial charge in [-0.2, -0.15) is 0 Å². The summed E-state index contributed by atoms with van der Waals surface area (Å²) in [6.07, 6.45) is 0.194. The maximum absolute atomic E-state index is 11.9. The summed E-state index contributed by atoms with van der Waals surface area (Å²) in [4.78, 5) is 13.5. The van der Waals surface area contributed by atoms with Crippen LogP contribution in [0.1, 0.15) is 34.6 Å². The Balaban J connectivity index is 4.09. The molecule has 0 aliphatic rings. The zero-order valence-electron chi connectivity index (χ0n) is 11.4. The van der Waals surface area contributed by atoms with E-state index in [4.69, 9.17) is 10.5 Å². The molecule has 0 aliphatic carbocycles. The Bertz CT molecular complexity index is 222. The van der Waals surface area contributed by atoms with Crippen LogP contribution in [0.15, 0.2) is 0 Å². The minimum absolute atomic E-state index is 0.0279. The van der Waals surface area contributed by atoms with E-state index in [-0.39, 0.29) is 17.4 Å². The average Bonchev–Trinajstić information content (AvgIpc) is 2.13. The summed E-state index contributed by atoms with van der Waals surface area (Å²) in [5.74, 6) is -0.0279. The molecule has 0 saturated carbocycles. The maximum Gasteiger partial charge on any atom is 0.239 e. The molecule has 0 spiro atoms. The molecule has 2 N–H and O–H groups in total. The largest absolute Gasteiger partial charge is 0.377 e. The van der Waals surface area contributed by atoms with Gasteiger partial charge in [0, 0.05) is 13.6 Å². The van der Waals surface area contributed by atoms with Crippen molar-refractivity contribution in [1.82, 2.24) is 4.90 Å². The smallest absolute Gasteiger partial charge is 0.239 e. The van der Waals surface area contributed by atoms with Crippen molar-refractivity contribution in [3.63, 3.8) is 0 Å². The van der Waals surface area contributed by atoms with Crippen LogP contribution in [0.2, 0.25) is 0 Å². The quantitative estimate of drug-likeness (QED) is 0.773. The summed E-state index contributed by atoms with van der Waals surface area (Å²) in [6.45, 7) is 11.0. The third kappa shape index (κ3) is 5.47. The highest BCUT2D eigenvalue weighted by molar-refractivity contribution is 5.82. The number of nitrogens with two attached hydrogens (primary N) is 1. The standard InChI is InChI=1S/C12H26N2O2/c1-9(2)16-8-7-14(6)11(15)10(13)12(3,4)5/h9-10H,7-8,13H2,1-6H3/t10-/m1/s1. The predicted octanol–water partition coefficient (Wildman–Crippen LogP) is 1.24. The zero-order valence-corrected chi connectivity index (χ0v) is 11.4. The lowest BCUT2D eigenvalue weighted by atomic mass is 9.86. The molecule has 0 radical (unpaired) electrons. The topological polar surface area (TPSA) is 55.6 Å². The molecule has 16 heavy (non-hydrogen) atoms. The highest BCUT2D eigenvalue weighted by atomic mass is 16.5. The highest BCUT2D eigenvalue weighted by Gasteiger charge is 2.29. The Labute approximate surface area is 99.1 Å². The highest BCUT2D eigenvalue weighted by Crippen LogP contribution is 2.18. The van der Waals surface area contributed by atoms with Gasteiger partial charge in [-0.3, -0.25) is 4.79 Å². The van der Waals surface area contributed by atoms with Crippen molar-refractivity contribution in [3.8, 4) is 0 Å². The second-order valence-electron chi connectivity index (χ2n) is 5.52. The molecule has 0 unspecified atom stereocenters. The van der Waals surface area contributed by atoms with Crippen LogP contribution in [-0.2, 0) is 9.53 Å². The van der Waals surface area contributed by atoms with E-state index >= 15 is 0 Å². The molecular weight excluding hydrogens is 204 g/mol. The van der Waals surface area contributed by atoms with E-state index in [2.05, 4.69) is 0 Å². The van der Waals surface area contributed by atoms with Crippen LogP contribution < -0.4 is 5.73 Å². The van der Waals surface area contributed by atoms with Crippen LogP contribution in [0.4, 0.5) is 0 Å². The molecule has 0 heterocycles. The van der Waals surface area contributed by atoms with Gasteiger partial charge in [0.15, 0.2) is 0 Å². The maximum atomic E-state index is 11.9. The van der Waals surface area contributed by atoms with E-state index in [1.807, 2.05) is 34.6 Å². The Kier molecular flexibility index (Phi) is 5.97. The van der Waals surface area contributed by atoms with Gasteiger partial charge in [-0.1, -0.05) is 20.8 Å². The van der Waals surface area contributed by atoms with Crippen molar-refractivity contribution in [1.29, 1.82) is 0 Å². The zero-order chi connectivity index (χ0) is 12.9. The lowest BCUT2D eigenvalue weighted by Gasteiger charge is -2.30. The summed E-state index contributed by atoms with van der Waals surface area (Å²) in [7, 11) is 1.76. The lowest BCUT2D eigenvalue weighted by Crippen LogP contribution is -2.49. The molecule has 1 amide bonds. The van der Waals surface area contributed by atoms with E-state index < -0.39 is 6.04 Å². The Morgan fingerprint density at radius 1 is 1.38 bits per heavy atom. The van der Waals surface area contributed by atoms with Crippen LogP contribution in [0.3, 0.4) is 0 Å². The molecule has 0 saturated heterocycles. The summed E-state index contributed by atoms with van der Waals surface area (Å²) >= 11 is 0. The van der Waals surface area contributed by atoms with E-state index in [9.17, 15) is 4.79 Å². The summed E-state index contributed by atoms with van der Waals surface area (Å²) < 4.78 is 5.39. The predicted molar refractivity (Wildman–Crippen MR) is 66.2 cm³/mol. The van der Waals surface area contributed by atoms with Gasteiger partial charge in [0.25, 0.3) is 0 Å². The van der Waals surface area contributed by atoms with E-state index in [0.717, 1.165) is 0 Å². The molecule has 4 nitrogen and oxygen atoms in total. The third-order valence-corrected chi connectivity index (χ3v) is 2.45. The van der Waals surface area contributed by atoms with Crippen molar-refractivity contribution in [2.75, 3.05) is 20.2 Å². The number of nitrogens with zero attached hydrogens (tertiary/aromatic N) is 1. The average molecular weight is 230 g/mol. The number of rotatable bonds is 5. The van der Waals surface area contributed by atoms with E-state index in [1.54, 1.807) is 11.9 Å². The number of amides is 1. The number of hydrogen-bond acceptors (Lipinski definition) is 3. The van der Waals surface area contributed by atoms with Crippen LogP contribution in [0.25, 0.3) is 0 Å². The first-order valence-electron chi connectivity index (χ1n) is 5.78. The monoisotopic (exact) mass is 230 g/mol. The first-order chi connectivity index (χ1) is 7.16. The van der Waals surface area contributed by atoms with E-state index in [1.165, 1.54) is 0 Å². The third-order valence-electron chi connectivity index (χ3n) is 2.45. The molecule has 4 heteroatoms. The fourth-order valence-corrected chi connectivity index (χ4v) is 1.14. The van der Waals surface area contributed by atoms with Crippen molar-refractivity contribution in [2.45, 2.75) is 46.8 Å². The normalized spacial score (nSPS) is 14.0. The van der Waals surface area contributed by atoms with Gasteiger partial charge >= 0.3 is 0 Å². The van der Waals surface area contributed by atoms with E-state index in [0.29, 0.717) is 13.2 Å². The number of hydrogen-bond donors (Lipinski definition) is 1. The van der Waals surface area contributed by atoms with Gasteiger partial charge in [0.2, 0.25) is 5.91 Å². The summed E-state index contributed by atoms with van der Waals surface area (Å²) in [5, 5.41) is 0. The summed E-state index contributed by atoms with van der Waals surface area (Å²) in [6, 6.07) is -0.462. The first-order valence-corrected chi connectivity index (χ1v) is 5.78. The minimum Gasteiger partial charge on any atom is -0.377 e. The van der Waals surface area contributed by atoms with Crippen LogP contribution in [0, 0.1) is 5.41 Å². The lowest BCUT2D eigenvalue weighted by molar-refractivity contribution is -0.134. The molecule has 0 aromatic carbocycles. The molecule has 0 aliphatic heterocycles. The van der Waals surface area contributed by atoms with Gasteiger partial charge in [0.05, 0.1) is 18.8 Å². The van der Waals surface area contributed by atoms with Crippen LogP contribution in [0.5, 0.6) is 0 Å². The van der Waals surface area contributed by atoms with Gasteiger partial charge in [-0.25, -0.2) is 0 Å². The fraction of sp³-hybridized carbons (Fsp3) is 0.917. The molecule has 0 aromatic heterocycles. The molecule has 0 rings (SSSR count). The Morgan fingerprint density at radius 2 is 1.88 bits per heavy atom. The molecule has 0 bridgehead atoms. The van der Waals surface area contributed by atoms with Crippen molar-refractivity contribution >= 4 is 5.91 Å². The van der Waals surface area contributed by atoms with Crippen molar-refractivity contribution in [2.24, 2.45) is 11.1 Å². The van der Waals surface area contributed by atoms with Gasteiger partial charge < -0.3 is 15.4 Å². The molecule has 96 valence electrons. The Hall–Kier alpha value is -0.610. The number of carbonyl (C=O) groups is 1. The number of likely N-dealkylation sites (N-methyl/N-ethyl adjacent to an activating group) is 1. The van der Waals surface area contributed by atoms with Gasteiger partial charge in [0.1, 0.15) is 0 Å². The number of ether oxygens (including phenoxy) is 1. The van der Waals surface area contributed by atoms with Crippen molar-refractivity contribution in [3.05, 3.63) is 0 Å². The molecule has 0 aromatic rings. The van der Waals surface area contributed by atoms with Crippen molar-refractivity contribution < 1.29 is 9.53 Å². The van der Waals surface area contributed by atoms with Crippen LogP contribution in [-0.4, -0.2) is 43.2 Å². The fourth-order valence-electron chi connectivity index (χ4n) is 1.14. The first kappa shape index (κ1) is 15.4. The second-order valence-corrected chi connectivity index (χ2v) is 5.52. The van der Waals surface area contributed by atoms with Gasteiger partial charge in [-0.15, -0.1) is 0 Å². The number of carbonyl (C=O) groups excluding carboxylic acids is 1. The van der Waals surface area contributed by atoms with Gasteiger partial charge in [-0.05, 0) is 19.3 Å². The van der Waals surface area contributed by atoms with Crippen LogP contribution >= 0.6 is 0 Å². The SMILES string of the molecule is CC(C)OCCN(C)C(=O)[C@@H](N)C(C)(C)C. The molecular formula is C12H26N2O2. The molecule has 0 fully saturated rings. The molecule has 1 atom stereocenters. The minimum atomic E-state index is -0.462. The summed E-state index contributed by atoms with van der Waals surface area (Å²) in [5.41, 5.74) is 5.69. The second kappa shape index (κ2) is 6.21. The Morgan fingerprint density at radius 3 is 2.25 bits per heavy atom.